The zero-order valence-electron chi connectivity index (χ0n) is 20.1. The average Bonchev–Trinajstić information content (AvgIpc) is 3.73. The zero-order chi connectivity index (χ0) is 25.5. The number of nitrogens with one attached hydrogen (secondary N) is 1. The van der Waals surface area contributed by atoms with Gasteiger partial charge in [-0.3, -0.25) is 9.59 Å². The quantitative estimate of drug-likeness (QED) is 0.488. The summed E-state index contributed by atoms with van der Waals surface area (Å²) in [5.41, 5.74) is 1.67. The van der Waals surface area contributed by atoms with Crippen LogP contribution in [-0.4, -0.2) is 49.0 Å². The summed E-state index contributed by atoms with van der Waals surface area (Å²) in [6, 6.07) is 9.96. The van der Waals surface area contributed by atoms with E-state index in [1.165, 1.54) is 49.6 Å². The Hall–Kier alpha value is -3.88. The molecule has 0 heterocycles. The number of carbonyl (C=O) groups is 3. The maximum atomic E-state index is 13.0. The zero-order valence-corrected chi connectivity index (χ0v) is 20.1. The number of nitrogens with zero attached hydrogens (tertiary/aromatic N) is 1. The van der Waals surface area contributed by atoms with Gasteiger partial charge < -0.3 is 24.4 Å². The van der Waals surface area contributed by atoms with E-state index in [0.29, 0.717) is 5.69 Å². The minimum atomic E-state index is -0.657. The molecule has 0 bridgehead atoms. The molecule has 0 unspecified atom stereocenters. The van der Waals surface area contributed by atoms with E-state index >= 15 is 0 Å². The van der Waals surface area contributed by atoms with Crippen molar-refractivity contribution in [2.24, 2.45) is 0 Å². The summed E-state index contributed by atoms with van der Waals surface area (Å²) in [5.74, 6) is -1.23. The molecule has 2 aromatic carbocycles. The Balaban J connectivity index is 1.31. The Labute approximate surface area is 209 Å². The van der Waals surface area contributed by atoms with Crippen molar-refractivity contribution in [3.8, 4) is 11.5 Å². The van der Waals surface area contributed by atoms with Crippen LogP contribution in [0.25, 0.3) is 0 Å². The molecule has 0 aliphatic heterocycles. The molecule has 1 fully saturated rings. The number of amides is 2. The molecule has 8 nitrogen and oxygen atoms in total. The first-order valence-corrected chi connectivity index (χ1v) is 12.0. The molecule has 0 atom stereocenters. The van der Waals surface area contributed by atoms with E-state index in [1.807, 2.05) is 0 Å². The van der Waals surface area contributed by atoms with Gasteiger partial charge in [0.2, 0.25) is 0 Å². The third kappa shape index (κ3) is 6.62. The fourth-order valence-electron chi connectivity index (χ4n) is 4.04. The van der Waals surface area contributed by atoms with Crippen LogP contribution in [0, 0.1) is 5.82 Å². The van der Waals surface area contributed by atoms with Crippen molar-refractivity contribution in [3.63, 3.8) is 0 Å². The van der Waals surface area contributed by atoms with E-state index in [-0.39, 0.29) is 42.2 Å². The summed E-state index contributed by atoms with van der Waals surface area (Å²) < 4.78 is 29.1. The van der Waals surface area contributed by atoms with Gasteiger partial charge in [-0.05, 0) is 81.0 Å². The highest BCUT2D eigenvalue weighted by molar-refractivity contribution is 5.93. The van der Waals surface area contributed by atoms with Gasteiger partial charge in [-0.2, -0.15) is 0 Å². The molecule has 4 rings (SSSR count). The summed E-state index contributed by atoms with van der Waals surface area (Å²) in [4.78, 5) is 39.4. The first-order chi connectivity index (χ1) is 17.4. The van der Waals surface area contributed by atoms with Crippen LogP contribution in [0.3, 0.4) is 0 Å². The van der Waals surface area contributed by atoms with Crippen molar-refractivity contribution in [2.45, 2.75) is 44.6 Å². The number of anilines is 1. The summed E-state index contributed by atoms with van der Waals surface area (Å²) in [5, 5.41) is 2.59. The van der Waals surface area contributed by atoms with Crippen LogP contribution in [0.5, 0.6) is 11.5 Å². The number of esters is 1. The fourth-order valence-corrected chi connectivity index (χ4v) is 4.04. The van der Waals surface area contributed by atoms with Crippen LogP contribution in [0.1, 0.15) is 48.9 Å². The van der Waals surface area contributed by atoms with Gasteiger partial charge in [-0.15, -0.1) is 0 Å². The average molecular weight is 497 g/mol. The molecule has 0 radical (unpaired) electrons. The van der Waals surface area contributed by atoms with Gasteiger partial charge in [0.25, 0.3) is 11.8 Å². The lowest BCUT2D eigenvalue weighted by Crippen LogP contribution is -2.36. The summed E-state index contributed by atoms with van der Waals surface area (Å²) in [6.07, 6.45) is 8.08. The van der Waals surface area contributed by atoms with Crippen LogP contribution in [0.2, 0.25) is 0 Å². The molecule has 0 saturated heterocycles. The molecule has 190 valence electrons. The third-order valence-corrected chi connectivity index (χ3v) is 5.97. The highest BCUT2D eigenvalue weighted by Crippen LogP contribution is 2.34. The van der Waals surface area contributed by atoms with E-state index in [9.17, 15) is 18.8 Å². The minimum Gasteiger partial charge on any atom is -0.493 e. The predicted octanol–water partition coefficient (Wildman–Crippen LogP) is 4.46. The molecular weight excluding hydrogens is 467 g/mol. The third-order valence-electron chi connectivity index (χ3n) is 5.97. The normalized spacial score (nSPS) is 14.9. The van der Waals surface area contributed by atoms with Gasteiger partial charge in [0.05, 0.1) is 12.7 Å². The van der Waals surface area contributed by atoms with Crippen LogP contribution >= 0.6 is 0 Å². The van der Waals surface area contributed by atoms with E-state index in [4.69, 9.17) is 14.2 Å². The number of carbonyl (C=O) groups excluding carboxylic acids is 3. The first kappa shape index (κ1) is 25.2. The molecule has 2 aliphatic rings. The second-order valence-corrected chi connectivity index (χ2v) is 8.72. The molecule has 0 spiro atoms. The summed E-state index contributed by atoms with van der Waals surface area (Å²) in [7, 11) is 1.41. The van der Waals surface area contributed by atoms with Crippen LogP contribution < -0.4 is 14.8 Å². The monoisotopic (exact) mass is 496 g/mol. The Kier molecular flexibility index (Phi) is 8.20. The summed E-state index contributed by atoms with van der Waals surface area (Å²) >= 11 is 0. The van der Waals surface area contributed by atoms with Crippen molar-refractivity contribution in [1.82, 2.24) is 4.90 Å². The number of benzene rings is 2. The molecule has 36 heavy (non-hydrogen) atoms. The predicted molar refractivity (Wildman–Crippen MR) is 130 cm³/mol. The van der Waals surface area contributed by atoms with Crippen LogP contribution in [0.4, 0.5) is 10.1 Å². The minimum absolute atomic E-state index is 0.192. The maximum Gasteiger partial charge on any atom is 0.338 e. The maximum absolute atomic E-state index is 13.0. The van der Waals surface area contributed by atoms with Gasteiger partial charge in [0.1, 0.15) is 5.82 Å². The van der Waals surface area contributed by atoms with E-state index < -0.39 is 17.7 Å². The SMILES string of the molecule is COc1cc(C(=O)OCC(=O)N(C2=CCCCC2)C2CC2)ccc1OCC(=O)Nc1ccc(F)cc1. The van der Waals surface area contributed by atoms with Crippen molar-refractivity contribution >= 4 is 23.5 Å². The number of hydrogen-bond acceptors (Lipinski definition) is 6. The van der Waals surface area contributed by atoms with E-state index in [0.717, 1.165) is 44.2 Å². The lowest BCUT2D eigenvalue weighted by molar-refractivity contribution is -0.133. The Morgan fingerprint density at radius 2 is 1.81 bits per heavy atom. The molecule has 2 aromatic rings. The lowest BCUT2D eigenvalue weighted by atomic mass is 10.0. The van der Waals surface area contributed by atoms with Crippen LogP contribution in [0.15, 0.2) is 54.2 Å². The number of halogens is 1. The lowest BCUT2D eigenvalue weighted by Gasteiger charge is -2.27. The highest BCUT2D eigenvalue weighted by Gasteiger charge is 2.35. The molecule has 1 saturated carbocycles. The molecule has 0 aromatic heterocycles. The number of rotatable bonds is 10. The smallest absolute Gasteiger partial charge is 0.338 e. The highest BCUT2D eigenvalue weighted by atomic mass is 19.1. The van der Waals surface area contributed by atoms with Gasteiger partial charge in [-0.1, -0.05) is 6.08 Å². The number of methoxy groups -OCH3 is 1. The molecule has 2 amide bonds. The number of ether oxygens (including phenoxy) is 3. The van der Waals surface area contributed by atoms with Crippen molar-refractivity contribution < 1.29 is 33.0 Å². The van der Waals surface area contributed by atoms with Gasteiger partial charge >= 0.3 is 5.97 Å². The van der Waals surface area contributed by atoms with Gasteiger partial charge in [0, 0.05) is 17.4 Å². The molecule has 1 N–H and O–H groups in total. The number of allylic oxidation sites excluding steroid dienone is 2. The molecular formula is C27H29FN2O6. The first-order valence-electron chi connectivity index (χ1n) is 12.0. The standard InChI is InChI=1S/C27H29FN2O6/c1-34-24-15-18(7-14-23(24)35-16-25(31)29-20-10-8-19(28)9-11-20)27(33)36-17-26(32)30(22-12-13-22)21-5-3-2-4-6-21/h5,7-11,14-15,22H,2-4,6,12-13,16-17H2,1H3,(H,29,31). The summed E-state index contributed by atoms with van der Waals surface area (Å²) in [6.45, 7) is -0.657. The fraction of sp³-hybridized carbons (Fsp3) is 0.370. The Morgan fingerprint density at radius 3 is 2.47 bits per heavy atom. The molecule has 2 aliphatic carbocycles. The van der Waals surface area contributed by atoms with E-state index in [1.54, 1.807) is 4.90 Å². The Morgan fingerprint density at radius 1 is 1.03 bits per heavy atom. The van der Waals surface area contributed by atoms with Gasteiger partial charge in [-0.25, -0.2) is 9.18 Å². The second kappa shape index (κ2) is 11.7. The van der Waals surface area contributed by atoms with Crippen LogP contribution in [-0.2, 0) is 14.3 Å². The van der Waals surface area contributed by atoms with Crippen molar-refractivity contribution in [1.29, 1.82) is 0 Å². The van der Waals surface area contributed by atoms with E-state index in [2.05, 4.69) is 11.4 Å². The second-order valence-electron chi connectivity index (χ2n) is 8.72. The topological polar surface area (TPSA) is 94.2 Å². The Bertz CT molecular complexity index is 1140. The number of hydrogen-bond donors (Lipinski definition) is 1. The van der Waals surface area contributed by atoms with Gasteiger partial charge in [0.15, 0.2) is 24.7 Å². The molecule has 9 heteroatoms. The van der Waals surface area contributed by atoms with Crippen molar-refractivity contribution in [2.75, 3.05) is 25.6 Å². The largest absolute Gasteiger partial charge is 0.493 e. The van der Waals surface area contributed by atoms with Crippen molar-refractivity contribution in [3.05, 3.63) is 65.6 Å².